The maximum atomic E-state index is 13.6. The number of hydrogen-bond acceptors (Lipinski definition) is 7. The molecule has 3 aliphatic rings. The average molecular weight is 516 g/mol. The standard InChI is InChI=1S/C30H33N3O5/c1-2-30(36)24-14-26-27-22(16-33(26)28(34)23(24)18-37-29(30)35)21(20-12-8-9-13-25(20)32-27)15-31-38-17-19-10-6-4-3-5-7-11-19/h8-9,12-15,19,36H,2-7,10-11,16-18H2,1H3/t30-/m0/s1. The smallest absolute Gasteiger partial charge is 0.343 e. The van der Waals surface area contributed by atoms with Crippen LogP contribution in [0.15, 0.2) is 40.3 Å². The molecule has 2 aliphatic heterocycles. The summed E-state index contributed by atoms with van der Waals surface area (Å²) in [7, 11) is 0. The molecule has 0 unspecified atom stereocenters. The van der Waals surface area contributed by atoms with Crippen molar-refractivity contribution in [3.05, 3.63) is 62.9 Å². The van der Waals surface area contributed by atoms with E-state index >= 15 is 0 Å². The predicted molar refractivity (Wildman–Crippen MR) is 144 cm³/mol. The first kappa shape index (κ1) is 24.8. The second-order valence-electron chi connectivity index (χ2n) is 10.7. The molecule has 1 fully saturated rings. The van der Waals surface area contributed by atoms with E-state index in [0.717, 1.165) is 22.0 Å². The normalized spacial score (nSPS) is 21.5. The number of para-hydroxylation sites is 1. The zero-order valence-electron chi connectivity index (χ0n) is 21.7. The van der Waals surface area contributed by atoms with Gasteiger partial charge < -0.3 is 19.2 Å². The van der Waals surface area contributed by atoms with Crippen LogP contribution in [-0.4, -0.2) is 33.4 Å². The third-order valence-electron chi connectivity index (χ3n) is 8.43. The van der Waals surface area contributed by atoms with Gasteiger partial charge in [0.15, 0.2) is 5.60 Å². The Bertz CT molecular complexity index is 1490. The fraction of sp³-hybridized carbons (Fsp3) is 0.467. The van der Waals surface area contributed by atoms with E-state index in [1.54, 1.807) is 23.8 Å². The van der Waals surface area contributed by atoms with Crippen molar-refractivity contribution in [2.24, 2.45) is 11.1 Å². The molecule has 8 heteroatoms. The van der Waals surface area contributed by atoms with E-state index in [-0.39, 0.29) is 18.6 Å². The molecule has 1 aromatic carbocycles. The Morgan fingerprint density at radius 1 is 1.16 bits per heavy atom. The molecule has 3 aromatic rings. The summed E-state index contributed by atoms with van der Waals surface area (Å²) in [4.78, 5) is 36.7. The maximum absolute atomic E-state index is 13.6. The van der Waals surface area contributed by atoms with E-state index in [2.05, 4.69) is 5.16 Å². The molecule has 1 saturated carbocycles. The van der Waals surface area contributed by atoms with Gasteiger partial charge in [0.25, 0.3) is 5.56 Å². The summed E-state index contributed by atoms with van der Waals surface area (Å²) in [6.07, 6.45) is 10.7. The number of esters is 1. The van der Waals surface area contributed by atoms with Crippen molar-refractivity contribution in [3.63, 3.8) is 0 Å². The van der Waals surface area contributed by atoms with Crippen molar-refractivity contribution < 1.29 is 19.5 Å². The molecule has 1 atom stereocenters. The fourth-order valence-electron chi connectivity index (χ4n) is 6.15. The number of oxime groups is 1. The number of ether oxygens (including phenoxy) is 1. The van der Waals surface area contributed by atoms with Crippen LogP contribution in [-0.2, 0) is 33.1 Å². The molecule has 198 valence electrons. The van der Waals surface area contributed by atoms with Gasteiger partial charge in [0.05, 0.1) is 35.2 Å². The van der Waals surface area contributed by atoms with Gasteiger partial charge in [-0.1, -0.05) is 62.4 Å². The van der Waals surface area contributed by atoms with E-state index in [1.165, 1.54) is 44.9 Å². The van der Waals surface area contributed by atoms with E-state index in [9.17, 15) is 14.7 Å². The third-order valence-corrected chi connectivity index (χ3v) is 8.43. The summed E-state index contributed by atoms with van der Waals surface area (Å²) in [5, 5.41) is 16.4. The number of benzene rings is 1. The van der Waals surface area contributed by atoms with Crippen molar-refractivity contribution >= 4 is 23.1 Å². The molecule has 0 spiro atoms. The second-order valence-corrected chi connectivity index (χ2v) is 10.7. The van der Waals surface area contributed by atoms with Gasteiger partial charge in [-0.15, -0.1) is 0 Å². The molecule has 0 radical (unpaired) electrons. The number of hydrogen-bond donors (Lipinski definition) is 1. The van der Waals surface area contributed by atoms with E-state index in [0.29, 0.717) is 41.6 Å². The van der Waals surface area contributed by atoms with Gasteiger partial charge in [0.2, 0.25) is 0 Å². The van der Waals surface area contributed by atoms with Crippen LogP contribution in [0.3, 0.4) is 0 Å². The number of nitrogens with zero attached hydrogens (tertiary/aromatic N) is 3. The minimum Gasteiger partial charge on any atom is -0.458 e. The van der Waals surface area contributed by atoms with Crippen LogP contribution in [0, 0.1) is 5.92 Å². The monoisotopic (exact) mass is 515 g/mol. The minimum atomic E-state index is -1.85. The second kappa shape index (κ2) is 9.98. The Kier molecular flexibility index (Phi) is 6.51. The summed E-state index contributed by atoms with van der Waals surface area (Å²) < 4.78 is 6.84. The first-order chi connectivity index (χ1) is 18.5. The number of pyridine rings is 2. The lowest BCUT2D eigenvalue weighted by Crippen LogP contribution is -2.44. The summed E-state index contributed by atoms with van der Waals surface area (Å²) >= 11 is 0. The van der Waals surface area contributed by atoms with Crippen molar-refractivity contribution in [1.82, 2.24) is 9.55 Å². The molecular weight excluding hydrogens is 482 g/mol. The maximum Gasteiger partial charge on any atom is 0.343 e. The highest BCUT2D eigenvalue weighted by Gasteiger charge is 2.45. The molecule has 4 heterocycles. The molecule has 1 N–H and O–H groups in total. The summed E-state index contributed by atoms with van der Waals surface area (Å²) in [6, 6.07) is 9.55. The Labute approximate surface area is 221 Å². The number of carbonyl (C=O) groups excluding carboxylic acids is 1. The third kappa shape index (κ3) is 4.11. The molecular formula is C30H33N3O5. The van der Waals surface area contributed by atoms with Crippen LogP contribution in [0.4, 0.5) is 0 Å². The molecule has 0 bridgehead atoms. The molecule has 6 rings (SSSR count). The van der Waals surface area contributed by atoms with Crippen molar-refractivity contribution in [1.29, 1.82) is 0 Å². The van der Waals surface area contributed by atoms with Gasteiger partial charge in [0, 0.05) is 22.1 Å². The lowest BCUT2D eigenvalue weighted by molar-refractivity contribution is -0.172. The highest BCUT2D eigenvalue weighted by molar-refractivity contribution is 6.02. The quantitative estimate of drug-likeness (QED) is 0.233. The first-order valence-corrected chi connectivity index (χ1v) is 13.8. The van der Waals surface area contributed by atoms with Gasteiger partial charge in [0.1, 0.15) is 13.2 Å². The lowest BCUT2D eigenvalue weighted by Gasteiger charge is -2.31. The largest absolute Gasteiger partial charge is 0.458 e. The van der Waals surface area contributed by atoms with Crippen LogP contribution in [0.25, 0.3) is 22.3 Å². The summed E-state index contributed by atoms with van der Waals surface area (Å²) in [5.41, 5.74) is 2.25. The van der Waals surface area contributed by atoms with Crippen LogP contribution in [0.1, 0.15) is 80.5 Å². The average Bonchev–Trinajstić information content (AvgIpc) is 3.28. The first-order valence-electron chi connectivity index (χ1n) is 13.8. The molecule has 1 aliphatic carbocycles. The Hall–Kier alpha value is -3.52. The topological polar surface area (TPSA) is 103 Å². The Balaban J connectivity index is 1.39. The Morgan fingerprint density at radius 2 is 1.92 bits per heavy atom. The lowest BCUT2D eigenvalue weighted by atomic mass is 9.86. The highest BCUT2D eigenvalue weighted by atomic mass is 16.6. The van der Waals surface area contributed by atoms with Crippen molar-refractivity contribution in [3.8, 4) is 11.4 Å². The number of carbonyl (C=O) groups is 1. The zero-order valence-corrected chi connectivity index (χ0v) is 21.7. The van der Waals surface area contributed by atoms with Crippen LogP contribution < -0.4 is 5.56 Å². The van der Waals surface area contributed by atoms with E-state index in [4.69, 9.17) is 14.6 Å². The summed E-state index contributed by atoms with van der Waals surface area (Å²) in [6.45, 7) is 2.48. The van der Waals surface area contributed by atoms with Gasteiger partial charge in [-0.2, -0.15) is 0 Å². The molecule has 8 nitrogen and oxygen atoms in total. The van der Waals surface area contributed by atoms with Gasteiger partial charge in [-0.3, -0.25) is 4.79 Å². The molecule has 2 aromatic heterocycles. The van der Waals surface area contributed by atoms with Crippen LogP contribution in [0.5, 0.6) is 0 Å². The van der Waals surface area contributed by atoms with Crippen LogP contribution in [0.2, 0.25) is 0 Å². The fourth-order valence-corrected chi connectivity index (χ4v) is 6.15. The van der Waals surface area contributed by atoms with Crippen LogP contribution >= 0.6 is 0 Å². The minimum absolute atomic E-state index is 0.107. The van der Waals surface area contributed by atoms with E-state index in [1.807, 2.05) is 24.3 Å². The highest BCUT2D eigenvalue weighted by Crippen LogP contribution is 2.39. The zero-order chi connectivity index (χ0) is 26.3. The molecule has 0 amide bonds. The number of cyclic esters (lactones) is 1. The van der Waals surface area contributed by atoms with Gasteiger partial charge in [-0.25, -0.2) is 9.78 Å². The predicted octanol–water partition coefficient (Wildman–Crippen LogP) is 4.79. The van der Waals surface area contributed by atoms with Gasteiger partial charge in [-0.05, 0) is 37.3 Å². The molecule has 38 heavy (non-hydrogen) atoms. The Morgan fingerprint density at radius 3 is 2.71 bits per heavy atom. The summed E-state index contributed by atoms with van der Waals surface area (Å²) in [5.74, 6) is -0.195. The number of aromatic nitrogens is 2. The SMILES string of the molecule is CC[C@@]1(O)C(=O)OCc2c1cc1n(c2=O)Cc2c-1nc1ccccc1c2C=NOCC1CCCCCCC1. The molecule has 0 saturated heterocycles. The number of fused-ring (bicyclic) bond motifs is 5. The number of rotatable bonds is 5. The number of aliphatic hydroxyl groups is 1. The van der Waals surface area contributed by atoms with Crippen molar-refractivity contribution in [2.75, 3.05) is 6.61 Å². The van der Waals surface area contributed by atoms with Crippen molar-refractivity contribution in [2.45, 2.75) is 77.0 Å². The van der Waals surface area contributed by atoms with Gasteiger partial charge >= 0.3 is 5.97 Å². The van der Waals surface area contributed by atoms with E-state index < -0.39 is 11.6 Å².